The van der Waals surface area contributed by atoms with Gasteiger partial charge < -0.3 is 9.80 Å². The van der Waals surface area contributed by atoms with E-state index in [0.717, 1.165) is 52.0 Å². The van der Waals surface area contributed by atoms with E-state index in [-0.39, 0.29) is 5.41 Å². The number of carbonyl (C=O) groups is 1. The van der Waals surface area contributed by atoms with Crippen LogP contribution in [0.5, 0.6) is 0 Å². The molecule has 4 rings (SSSR count). The van der Waals surface area contributed by atoms with Gasteiger partial charge in [-0.15, -0.1) is 5.10 Å². The number of carbonyl (C=O) groups excluding carboxylic acids is 1. The average molecular weight is 332 g/mol. The fourth-order valence-corrected chi connectivity index (χ4v) is 4.93. The molecule has 3 heterocycles. The van der Waals surface area contributed by atoms with E-state index in [1.54, 1.807) is 11.0 Å². The molecule has 1 aromatic rings. The normalized spacial score (nSPS) is 29.2. The highest BCUT2D eigenvalue weighted by atomic mass is 16.2. The zero-order valence-corrected chi connectivity index (χ0v) is 14.4. The van der Waals surface area contributed by atoms with Crippen LogP contribution in [0.15, 0.2) is 6.33 Å². The van der Waals surface area contributed by atoms with Gasteiger partial charge in [-0.1, -0.05) is 12.8 Å². The summed E-state index contributed by atoms with van der Waals surface area (Å²) in [6.45, 7) is 4.87. The van der Waals surface area contributed by atoms with E-state index in [0.29, 0.717) is 11.9 Å². The SMILES string of the molecule is O=C1N(C2CCCC2)CCCC12CCN(CCCn1cnnn1)C2. The summed E-state index contributed by atoms with van der Waals surface area (Å²) in [7, 11) is 0. The maximum atomic E-state index is 13.2. The minimum absolute atomic E-state index is 0.0876. The van der Waals surface area contributed by atoms with E-state index in [1.165, 1.54) is 32.1 Å². The topological polar surface area (TPSA) is 67.2 Å². The van der Waals surface area contributed by atoms with Crippen molar-refractivity contribution >= 4 is 5.91 Å². The van der Waals surface area contributed by atoms with Gasteiger partial charge in [0.1, 0.15) is 6.33 Å². The van der Waals surface area contributed by atoms with E-state index < -0.39 is 0 Å². The van der Waals surface area contributed by atoms with E-state index >= 15 is 0 Å². The van der Waals surface area contributed by atoms with Crippen molar-refractivity contribution in [2.45, 2.75) is 64.0 Å². The van der Waals surface area contributed by atoms with Gasteiger partial charge in [-0.3, -0.25) is 4.79 Å². The largest absolute Gasteiger partial charge is 0.339 e. The molecular weight excluding hydrogens is 304 g/mol. The number of rotatable bonds is 5. The second-order valence-corrected chi connectivity index (χ2v) is 7.77. The zero-order chi connectivity index (χ0) is 16.4. The summed E-state index contributed by atoms with van der Waals surface area (Å²) in [4.78, 5) is 17.9. The fraction of sp³-hybridized carbons (Fsp3) is 0.882. The summed E-state index contributed by atoms with van der Waals surface area (Å²) in [6.07, 6.45) is 11.0. The molecule has 1 amide bonds. The Morgan fingerprint density at radius 3 is 2.79 bits per heavy atom. The Hall–Kier alpha value is -1.50. The molecule has 1 saturated carbocycles. The lowest BCUT2D eigenvalue weighted by atomic mass is 9.77. The van der Waals surface area contributed by atoms with Crippen LogP contribution in [0.3, 0.4) is 0 Å². The number of aromatic nitrogens is 4. The zero-order valence-electron chi connectivity index (χ0n) is 14.4. The number of likely N-dealkylation sites (tertiary alicyclic amines) is 2. The molecule has 1 aromatic heterocycles. The molecular formula is C17H28N6O. The molecule has 2 saturated heterocycles. The van der Waals surface area contributed by atoms with Crippen LogP contribution in [0.4, 0.5) is 0 Å². The minimum atomic E-state index is -0.0876. The Morgan fingerprint density at radius 1 is 1.12 bits per heavy atom. The van der Waals surface area contributed by atoms with E-state index in [4.69, 9.17) is 0 Å². The monoisotopic (exact) mass is 332 g/mol. The molecule has 1 atom stereocenters. The molecule has 2 aliphatic heterocycles. The fourth-order valence-electron chi connectivity index (χ4n) is 4.93. The van der Waals surface area contributed by atoms with Gasteiger partial charge in [0.15, 0.2) is 0 Å². The third-order valence-corrected chi connectivity index (χ3v) is 6.22. The molecule has 0 aromatic carbocycles. The molecule has 0 N–H and O–H groups in total. The maximum Gasteiger partial charge on any atom is 0.230 e. The van der Waals surface area contributed by atoms with Crippen LogP contribution in [-0.2, 0) is 11.3 Å². The van der Waals surface area contributed by atoms with Crippen LogP contribution in [0, 0.1) is 5.41 Å². The van der Waals surface area contributed by atoms with Crippen molar-refractivity contribution in [2.24, 2.45) is 5.41 Å². The van der Waals surface area contributed by atoms with Gasteiger partial charge in [-0.25, -0.2) is 4.68 Å². The lowest BCUT2D eigenvalue weighted by molar-refractivity contribution is -0.148. The number of tetrazole rings is 1. The summed E-state index contributed by atoms with van der Waals surface area (Å²) in [5, 5.41) is 11.2. The summed E-state index contributed by atoms with van der Waals surface area (Å²) >= 11 is 0. The molecule has 1 spiro atoms. The van der Waals surface area contributed by atoms with Crippen molar-refractivity contribution in [2.75, 3.05) is 26.2 Å². The van der Waals surface area contributed by atoms with Gasteiger partial charge >= 0.3 is 0 Å². The summed E-state index contributed by atoms with van der Waals surface area (Å²) < 4.78 is 1.78. The lowest BCUT2D eigenvalue weighted by Gasteiger charge is -2.42. The van der Waals surface area contributed by atoms with Crippen LogP contribution < -0.4 is 0 Å². The minimum Gasteiger partial charge on any atom is -0.339 e. The van der Waals surface area contributed by atoms with Crippen molar-refractivity contribution in [3.05, 3.63) is 6.33 Å². The molecule has 1 unspecified atom stereocenters. The molecule has 24 heavy (non-hydrogen) atoms. The van der Waals surface area contributed by atoms with Gasteiger partial charge in [0.25, 0.3) is 0 Å². The first kappa shape index (κ1) is 16.0. The smallest absolute Gasteiger partial charge is 0.230 e. The Labute approximate surface area is 143 Å². The predicted octanol–water partition coefficient (Wildman–Crippen LogP) is 1.32. The molecule has 7 nitrogen and oxygen atoms in total. The van der Waals surface area contributed by atoms with Gasteiger partial charge in [0.05, 0.1) is 5.41 Å². The number of nitrogens with zero attached hydrogens (tertiary/aromatic N) is 6. The number of piperidine rings is 1. The van der Waals surface area contributed by atoms with Gasteiger partial charge in [-0.05, 0) is 62.0 Å². The van der Waals surface area contributed by atoms with Gasteiger partial charge in [0, 0.05) is 25.7 Å². The van der Waals surface area contributed by atoms with E-state index in [2.05, 4.69) is 25.3 Å². The maximum absolute atomic E-state index is 13.2. The van der Waals surface area contributed by atoms with Crippen LogP contribution >= 0.6 is 0 Å². The molecule has 3 aliphatic rings. The van der Waals surface area contributed by atoms with Crippen molar-refractivity contribution in [1.82, 2.24) is 30.0 Å². The Kier molecular flexibility index (Phi) is 4.52. The summed E-state index contributed by atoms with van der Waals surface area (Å²) in [5.74, 6) is 0.462. The molecule has 0 radical (unpaired) electrons. The first-order valence-electron chi connectivity index (χ1n) is 9.51. The number of amides is 1. The highest BCUT2D eigenvalue weighted by molar-refractivity contribution is 5.84. The van der Waals surface area contributed by atoms with Crippen molar-refractivity contribution in [1.29, 1.82) is 0 Å². The van der Waals surface area contributed by atoms with Crippen molar-refractivity contribution in [3.8, 4) is 0 Å². The third-order valence-electron chi connectivity index (χ3n) is 6.22. The molecule has 132 valence electrons. The molecule has 7 heteroatoms. The van der Waals surface area contributed by atoms with Crippen LogP contribution in [-0.4, -0.2) is 68.1 Å². The third kappa shape index (κ3) is 3.06. The number of aryl methyl sites for hydroxylation is 1. The average Bonchev–Trinajstić information content (AvgIpc) is 3.33. The Balaban J connectivity index is 1.32. The highest BCUT2D eigenvalue weighted by Gasteiger charge is 2.49. The van der Waals surface area contributed by atoms with Crippen LogP contribution in [0.25, 0.3) is 0 Å². The van der Waals surface area contributed by atoms with Crippen LogP contribution in [0.2, 0.25) is 0 Å². The Morgan fingerprint density at radius 2 is 2.00 bits per heavy atom. The second-order valence-electron chi connectivity index (χ2n) is 7.77. The molecule has 0 bridgehead atoms. The number of hydrogen-bond acceptors (Lipinski definition) is 5. The molecule has 3 fully saturated rings. The quantitative estimate of drug-likeness (QED) is 0.813. The summed E-state index contributed by atoms with van der Waals surface area (Å²) in [5.41, 5.74) is -0.0876. The standard InChI is InChI=1S/C17H28N6O/c24-16-17(7-3-11-23(16)15-5-1-2-6-15)8-12-21(13-17)9-4-10-22-14-18-19-20-22/h14-15H,1-13H2. The van der Waals surface area contributed by atoms with Crippen molar-refractivity contribution < 1.29 is 4.79 Å². The first-order valence-corrected chi connectivity index (χ1v) is 9.51. The van der Waals surface area contributed by atoms with Gasteiger partial charge in [0.2, 0.25) is 5.91 Å². The molecule has 1 aliphatic carbocycles. The van der Waals surface area contributed by atoms with E-state index in [9.17, 15) is 4.79 Å². The van der Waals surface area contributed by atoms with Gasteiger partial charge in [-0.2, -0.15) is 0 Å². The van der Waals surface area contributed by atoms with E-state index in [1.807, 2.05) is 0 Å². The predicted molar refractivity (Wildman–Crippen MR) is 89.1 cm³/mol. The summed E-state index contributed by atoms with van der Waals surface area (Å²) in [6, 6.07) is 0.531. The van der Waals surface area contributed by atoms with Crippen LogP contribution in [0.1, 0.15) is 51.4 Å². The Bertz CT molecular complexity index is 555. The second kappa shape index (κ2) is 6.78. The highest BCUT2D eigenvalue weighted by Crippen LogP contribution is 2.42. The van der Waals surface area contributed by atoms with Crippen molar-refractivity contribution in [3.63, 3.8) is 0 Å². The lowest BCUT2D eigenvalue weighted by Crippen LogP contribution is -2.53. The number of hydrogen-bond donors (Lipinski definition) is 0. The first-order chi connectivity index (χ1) is 11.8.